The zero-order valence-corrected chi connectivity index (χ0v) is 13.6. The van der Waals surface area contributed by atoms with Crippen LogP contribution in [0.15, 0.2) is 12.3 Å². The van der Waals surface area contributed by atoms with Crippen LogP contribution in [0.3, 0.4) is 0 Å². The Labute approximate surface area is 122 Å². The van der Waals surface area contributed by atoms with E-state index >= 15 is 0 Å². The molecule has 1 heterocycles. The van der Waals surface area contributed by atoms with E-state index in [4.69, 9.17) is 0 Å². The van der Waals surface area contributed by atoms with Gasteiger partial charge in [0.1, 0.15) is 0 Å². The summed E-state index contributed by atoms with van der Waals surface area (Å²) >= 11 is 0. The van der Waals surface area contributed by atoms with Crippen LogP contribution in [0.2, 0.25) is 0 Å². The molecule has 0 aromatic carbocycles. The summed E-state index contributed by atoms with van der Waals surface area (Å²) in [5, 5.41) is 3.27. The second-order valence-electron chi connectivity index (χ2n) is 7.05. The molecule has 4 heteroatoms. The van der Waals surface area contributed by atoms with Crippen molar-refractivity contribution >= 4 is 5.82 Å². The number of anilines is 1. The molecule has 0 amide bonds. The van der Waals surface area contributed by atoms with Crippen LogP contribution in [-0.4, -0.2) is 25.1 Å². The third-order valence-electron chi connectivity index (χ3n) is 2.89. The second-order valence-corrected chi connectivity index (χ2v) is 7.05. The highest BCUT2D eigenvalue weighted by molar-refractivity contribution is 5.42. The minimum absolute atomic E-state index is 0.106. The summed E-state index contributed by atoms with van der Waals surface area (Å²) in [6, 6.07) is 1.75. The molecule has 1 aromatic heterocycles. The first-order valence-corrected chi connectivity index (χ1v) is 7.26. The molecule has 3 nitrogen and oxygen atoms in total. The van der Waals surface area contributed by atoms with Crippen molar-refractivity contribution in [3.05, 3.63) is 23.6 Å². The highest BCUT2D eigenvalue weighted by Gasteiger charge is 2.18. The molecule has 20 heavy (non-hydrogen) atoms. The van der Waals surface area contributed by atoms with E-state index in [1.165, 1.54) is 0 Å². The van der Waals surface area contributed by atoms with Crippen LogP contribution < -0.4 is 10.2 Å². The fourth-order valence-electron chi connectivity index (χ4n) is 2.16. The predicted octanol–water partition coefficient (Wildman–Crippen LogP) is 3.45. The molecule has 1 N–H and O–H groups in total. The van der Waals surface area contributed by atoms with Crippen LogP contribution >= 0.6 is 0 Å². The summed E-state index contributed by atoms with van der Waals surface area (Å²) in [5.41, 5.74) is 0.783. The van der Waals surface area contributed by atoms with Gasteiger partial charge in [0.05, 0.1) is 0 Å². The van der Waals surface area contributed by atoms with Gasteiger partial charge in [-0.25, -0.2) is 9.37 Å². The molecular weight excluding hydrogens is 253 g/mol. The topological polar surface area (TPSA) is 28.2 Å². The molecule has 0 aliphatic heterocycles. The van der Waals surface area contributed by atoms with Crippen LogP contribution in [0.5, 0.6) is 0 Å². The Hall–Kier alpha value is -1.16. The molecule has 114 valence electrons. The lowest BCUT2D eigenvalue weighted by molar-refractivity contribution is 0.415. The molecule has 1 aromatic rings. The molecular formula is C16H28FN3. The lowest BCUT2D eigenvalue weighted by Crippen LogP contribution is -2.31. The van der Waals surface area contributed by atoms with Crippen LogP contribution in [0.25, 0.3) is 0 Å². The second kappa shape index (κ2) is 7.02. The van der Waals surface area contributed by atoms with Crippen molar-refractivity contribution in [1.29, 1.82) is 0 Å². The average Bonchev–Trinajstić information content (AvgIpc) is 2.28. The number of aromatic nitrogens is 1. The summed E-state index contributed by atoms with van der Waals surface area (Å²) in [7, 11) is 1.89. The maximum absolute atomic E-state index is 14.5. The lowest BCUT2D eigenvalue weighted by atomic mass is 9.96. The van der Waals surface area contributed by atoms with E-state index in [0.717, 1.165) is 13.1 Å². The first-order chi connectivity index (χ1) is 9.20. The molecule has 0 unspecified atom stereocenters. The van der Waals surface area contributed by atoms with Gasteiger partial charge in [0.15, 0.2) is 11.6 Å². The van der Waals surface area contributed by atoms with Crippen molar-refractivity contribution in [3.63, 3.8) is 0 Å². The first kappa shape index (κ1) is 16.9. The summed E-state index contributed by atoms with van der Waals surface area (Å²) in [6.07, 6.45) is 1.68. The Morgan fingerprint density at radius 2 is 2.00 bits per heavy atom. The smallest absolute Gasteiger partial charge is 0.170 e. The number of nitrogens with one attached hydrogen (secondary N) is 1. The minimum Gasteiger partial charge on any atom is -0.357 e. The van der Waals surface area contributed by atoms with Gasteiger partial charge < -0.3 is 10.2 Å². The van der Waals surface area contributed by atoms with Crippen LogP contribution in [0, 0.1) is 17.2 Å². The van der Waals surface area contributed by atoms with Gasteiger partial charge in [0.25, 0.3) is 0 Å². The first-order valence-electron chi connectivity index (χ1n) is 7.26. The fourth-order valence-corrected chi connectivity index (χ4v) is 2.16. The van der Waals surface area contributed by atoms with Gasteiger partial charge in [-0.15, -0.1) is 0 Å². The predicted molar refractivity (Wildman–Crippen MR) is 83.5 cm³/mol. The van der Waals surface area contributed by atoms with Crippen molar-refractivity contribution in [2.24, 2.45) is 11.3 Å². The maximum Gasteiger partial charge on any atom is 0.170 e. The zero-order valence-electron chi connectivity index (χ0n) is 13.6. The van der Waals surface area contributed by atoms with Gasteiger partial charge in [-0.2, -0.15) is 0 Å². The van der Waals surface area contributed by atoms with Gasteiger partial charge in [-0.05, 0) is 23.9 Å². The third kappa shape index (κ3) is 5.45. The SMILES string of the molecule is CC(C)CNCc1ccnc(N(C)CC(C)(C)C)c1F. The number of halogens is 1. The molecule has 0 saturated heterocycles. The number of pyridine rings is 1. The van der Waals surface area contributed by atoms with Crippen molar-refractivity contribution in [1.82, 2.24) is 10.3 Å². The largest absolute Gasteiger partial charge is 0.357 e. The van der Waals surface area contributed by atoms with Crippen LogP contribution in [0.1, 0.15) is 40.2 Å². The van der Waals surface area contributed by atoms with E-state index in [-0.39, 0.29) is 11.2 Å². The monoisotopic (exact) mass is 281 g/mol. The van der Waals surface area contributed by atoms with Gasteiger partial charge >= 0.3 is 0 Å². The van der Waals surface area contributed by atoms with Crippen molar-refractivity contribution in [2.45, 2.75) is 41.2 Å². The van der Waals surface area contributed by atoms with Gasteiger partial charge in [-0.1, -0.05) is 34.6 Å². The molecule has 0 atom stereocenters. The summed E-state index contributed by atoms with van der Waals surface area (Å²) in [5.74, 6) is 0.780. The number of hydrogen-bond donors (Lipinski definition) is 1. The highest BCUT2D eigenvalue weighted by Crippen LogP contribution is 2.22. The summed E-state index contributed by atoms with van der Waals surface area (Å²) < 4.78 is 14.5. The quantitative estimate of drug-likeness (QED) is 0.865. The molecule has 0 radical (unpaired) electrons. The van der Waals surface area contributed by atoms with E-state index in [2.05, 4.69) is 44.9 Å². The highest BCUT2D eigenvalue weighted by atomic mass is 19.1. The van der Waals surface area contributed by atoms with E-state index < -0.39 is 0 Å². The summed E-state index contributed by atoms with van der Waals surface area (Å²) in [6.45, 7) is 12.9. The lowest BCUT2D eigenvalue weighted by Gasteiger charge is -2.28. The van der Waals surface area contributed by atoms with Gasteiger partial charge in [-0.3, -0.25) is 0 Å². The average molecular weight is 281 g/mol. The van der Waals surface area contributed by atoms with Crippen molar-refractivity contribution in [3.8, 4) is 0 Å². The van der Waals surface area contributed by atoms with Crippen molar-refractivity contribution < 1.29 is 4.39 Å². The molecule has 0 aliphatic rings. The Kier molecular flexibility index (Phi) is 5.93. The Morgan fingerprint density at radius 3 is 2.55 bits per heavy atom. The van der Waals surface area contributed by atoms with Crippen LogP contribution in [-0.2, 0) is 6.54 Å². The van der Waals surface area contributed by atoms with Gasteiger partial charge in [0, 0.05) is 31.9 Å². The van der Waals surface area contributed by atoms with E-state index in [1.54, 1.807) is 12.3 Å². The molecule has 0 saturated carbocycles. The Bertz CT molecular complexity index is 424. The molecule has 0 bridgehead atoms. The van der Waals surface area contributed by atoms with Crippen molar-refractivity contribution in [2.75, 3.05) is 25.0 Å². The summed E-state index contributed by atoms with van der Waals surface area (Å²) in [4.78, 5) is 6.08. The minimum atomic E-state index is -0.212. The fraction of sp³-hybridized carbons (Fsp3) is 0.688. The molecule has 1 rings (SSSR count). The molecule has 0 fully saturated rings. The van der Waals surface area contributed by atoms with E-state index in [0.29, 0.717) is 23.8 Å². The van der Waals surface area contributed by atoms with E-state index in [1.807, 2.05) is 11.9 Å². The molecule has 0 spiro atoms. The Balaban J connectivity index is 2.78. The third-order valence-corrected chi connectivity index (χ3v) is 2.89. The maximum atomic E-state index is 14.5. The number of hydrogen-bond acceptors (Lipinski definition) is 3. The normalized spacial score (nSPS) is 12.0. The number of rotatable bonds is 6. The molecule has 0 aliphatic carbocycles. The van der Waals surface area contributed by atoms with E-state index in [9.17, 15) is 4.39 Å². The van der Waals surface area contributed by atoms with Gasteiger partial charge in [0.2, 0.25) is 0 Å². The standard InChI is InChI=1S/C16H28FN3/c1-12(2)9-18-10-13-7-8-19-15(14(13)17)20(6)11-16(3,4)5/h7-8,12,18H,9-11H2,1-6H3. The Morgan fingerprint density at radius 1 is 1.35 bits per heavy atom. The van der Waals surface area contributed by atoms with Crippen LogP contribution in [0.4, 0.5) is 10.2 Å². The zero-order chi connectivity index (χ0) is 15.3. The number of nitrogens with zero attached hydrogens (tertiary/aromatic N) is 2.